The molecule has 0 aliphatic carbocycles. The van der Waals surface area contributed by atoms with E-state index >= 15 is 0 Å². The molecule has 8 heteroatoms. The van der Waals surface area contributed by atoms with Gasteiger partial charge in [-0.1, -0.05) is 12.1 Å². The fourth-order valence-electron chi connectivity index (χ4n) is 3.07. The highest BCUT2D eigenvalue weighted by Gasteiger charge is 2.24. The van der Waals surface area contributed by atoms with E-state index in [-0.39, 0.29) is 17.8 Å². The van der Waals surface area contributed by atoms with Crippen molar-refractivity contribution < 1.29 is 26.5 Å². The summed E-state index contributed by atoms with van der Waals surface area (Å²) >= 11 is 0. The Hall–Kier alpha value is -2.45. The first-order chi connectivity index (χ1) is 13.3. The molecule has 0 unspecified atom stereocenters. The Morgan fingerprint density at radius 3 is 2.43 bits per heavy atom. The van der Waals surface area contributed by atoms with Crippen LogP contribution in [0.4, 0.5) is 4.39 Å². The number of carbonyl (C=O) groups is 1. The quantitative estimate of drug-likeness (QED) is 0.660. The van der Waals surface area contributed by atoms with E-state index in [2.05, 4.69) is 0 Å². The van der Waals surface area contributed by atoms with E-state index in [1.807, 2.05) is 0 Å². The lowest BCUT2D eigenvalue weighted by molar-refractivity contribution is 0.0507. The van der Waals surface area contributed by atoms with Crippen molar-refractivity contribution in [3.05, 3.63) is 65.5 Å². The van der Waals surface area contributed by atoms with Crippen molar-refractivity contribution in [1.82, 2.24) is 4.90 Å². The molecule has 0 N–H and O–H groups in total. The summed E-state index contributed by atoms with van der Waals surface area (Å²) < 4.78 is 46.1. The predicted octanol–water partition coefficient (Wildman–Crippen LogP) is 2.99. The van der Waals surface area contributed by atoms with Crippen LogP contribution in [0, 0.1) is 5.82 Å². The summed E-state index contributed by atoms with van der Waals surface area (Å²) in [7, 11) is -3.59. The standard InChI is InChI=1S/C20H22FNO5S/c1-28(24,25)27-18-10-4-15(5-11-18)13-22(14-19-3-2-12-26-19)20(23)16-6-8-17(21)9-7-16/h4-11,19H,2-3,12-14H2,1H3/t19-/m1/s1. The Labute approximate surface area is 164 Å². The second kappa shape index (κ2) is 8.70. The van der Waals surface area contributed by atoms with Gasteiger partial charge >= 0.3 is 10.1 Å². The largest absolute Gasteiger partial charge is 0.383 e. The molecule has 28 heavy (non-hydrogen) atoms. The Balaban J connectivity index is 1.76. The van der Waals surface area contributed by atoms with Gasteiger partial charge in [0.2, 0.25) is 0 Å². The zero-order valence-corrected chi connectivity index (χ0v) is 16.3. The van der Waals surface area contributed by atoms with Crippen LogP contribution in [0.15, 0.2) is 48.5 Å². The van der Waals surface area contributed by atoms with Crippen LogP contribution in [0.3, 0.4) is 0 Å². The molecule has 0 saturated carbocycles. The molecule has 0 radical (unpaired) electrons. The van der Waals surface area contributed by atoms with Crippen molar-refractivity contribution in [2.24, 2.45) is 0 Å². The highest BCUT2D eigenvalue weighted by Crippen LogP contribution is 2.19. The molecule has 0 spiro atoms. The van der Waals surface area contributed by atoms with Gasteiger partial charge in [-0.15, -0.1) is 0 Å². The zero-order chi connectivity index (χ0) is 20.1. The van der Waals surface area contributed by atoms with Crippen LogP contribution in [0.1, 0.15) is 28.8 Å². The first-order valence-corrected chi connectivity index (χ1v) is 10.8. The van der Waals surface area contributed by atoms with Crippen molar-refractivity contribution in [1.29, 1.82) is 0 Å². The molecule has 1 amide bonds. The maximum absolute atomic E-state index is 13.2. The van der Waals surface area contributed by atoms with Crippen molar-refractivity contribution in [3.63, 3.8) is 0 Å². The lowest BCUT2D eigenvalue weighted by Gasteiger charge is -2.26. The second-order valence-corrected chi connectivity index (χ2v) is 8.33. The van der Waals surface area contributed by atoms with E-state index in [0.717, 1.165) is 24.7 Å². The molecule has 6 nitrogen and oxygen atoms in total. The van der Waals surface area contributed by atoms with Crippen LogP contribution < -0.4 is 4.18 Å². The van der Waals surface area contributed by atoms with Crippen LogP contribution in [-0.4, -0.2) is 44.7 Å². The van der Waals surface area contributed by atoms with Crippen LogP contribution >= 0.6 is 0 Å². The zero-order valence-electron chi connectivity index (χ0n) is 15.5. The number of halogens is 1. The first kappa shape index (κ1) is 20.3. The molecule has 0 bridgehead atoms. The first-order valence-electron chi connectivity index (χ1n) is 8.95. The number of rotatable bonds is 7. The molecule has 2 aromatic rings. The minimum atomic E-state index is -3.59. The van der Waals surface area contributed by atoms with E-state index in [1.165, 1.54) is 24.3 Å². The number of nitrogens with zero attached hydrogens (tertiary/aromatic N) is 1. The molecule has 1 atom stereocenters. The van der Waals surface area contributed by atoms with Gasteiger partial charge in [0.25, 0.3) is 5.91 Å². The fraction of sp³-hybridized carbons (Fsp3) is 0.350. The van der Waals surface area contributed by atoms with Gasteiger partial charge in [0, 0.05) is 25.3 Å². The van der Waals surface area contributed by atoms with Crippen LogP contribution in [0.5, 0.6) is 5.75 Å². The molecular formula is C20H22FNO5S. The molecule has 1 fully saturated rings. The number of benzene rings is 2. The molecule has 2 aromatic carbocycles. The van der Waals surface area contributed by atoms with Crippen molar-refractivity contribution in [2.75, 3.05) is 19.4 Å². The number of amides is 1. The third-order valence-corrected chi connectivity index (χ3v) is 4.87. The van der Waals surface area contributed by atoms with Gasteiger partial charge in [-0.2, -0.15) is 8.42 Å². The minimum absolute atomic E-state index is 0.0303. The summed E-state index contributed by atoms with van der Waals surface area (Å²) in [6, 6.07) is 11.9. The molecule has 3 rings (SSSR count). The van der Waals surface area contributed by atoms with Crippen molar-refractivity contribution in [3.8, 4) is 5.75 Å². The van der Waals surface area contributed by atoms with Gasteiger partial charge in [-0.05, 0) is 54.8 Å². The molecule has 150 valence electrons. The van der Waals surface area contributed by atoms with E-state index in [1.54, 1.807) is 29.2 Å². The topological polar surface area (TPSA) is 72.9 Å². The van der Waals surface area contributed by atoms with Gasteiger partial charge in [0.1, 0.15) is 11.6 Å². The van der Waals surface area contributed by atoms with Gasteiger partial charge in [0.05, 0.1) is 12.4 Å². The molecule has 1 heterocycles. The maximum Gasteiger partial charge on any atom is 0.306 e. The highest BCUT2D eigenvalue weighted by atomic mass is 32.2. The van der Waals surface area contributed by atoms with E-state index in [4.69, 9.17) is 8.92 Å². The molecule has 1 saturated heterocycles. The lowest BCUT2D eigenvalue weighted by Crippen LogP contribution is -2.37. The Morgan fingerprint density at radius 1 is 1.18 bits per heavy atom. The molecule has 0 aromatic heterocycles. The van der Waals surface area contributed by atoms with Crippen LogP contribution in [0.2, 0.25) is 0 Å². The highest BCUT2D eigenvalue weighted by molar-refractivity contribution is 7.86. The number of hydrogen-bond acceptors (Lipinski definition) is 5. The smallest absolute Gasteiger partial charge is 0.306 e. The minimum Gasteiger partial charge on any atom is -0.383 e. The summed E-state index contributed by atoms with van der Waals surface area (Å²) in [6.45, 7) is 1.42. The van der Waals surface area contributed by atoms with Crippen LogP contribution in [-0.2, 0) is 21.4 Å². The number of ether oxygens (including phenoxy) is 1. The molecule has 1 aliphatic heterocycles. The monoisotopic (exact) mass is 407 g/mol. The summed E-state index contributed by atoms with van der Waals surface area (Å²) in [4.78, 5) is 14.6. The number of carbonyl (C=O) groups excluding carboxylic acids is 1. The van der Waals surface area contributed by atoms with E-state index < -0.39 is 15.9 Å². The van der Waals surface area contributed by atoms with Gasteiger partial charge in [-0.3, -0.25) is 4.79 Å². The van der Waals surface area contributed by atoms with Crippen LogP contribution in [0.25, 0.3) is 0 Å². The second-order valence-electron chi connectivity index (χ2n) is 6.76. The van der Waals surface area contributed by atoms with Gasteiger partial charge in [0.15, 0.2) is 0 Å². The third-order valence-electron chi connectivity index (χ3n) is 4.37. The van der Waals surface area contributed by atoms with Gasteiger partial charge in [-0.25, -0.2) is 4.39 Å². The van der Waals surface area contributed by atoms with E-state index in [0.29, 0.717) is 25.3 Å². The Morgan fingerprint density at radius 2 is 1.86 bits per heavy atom. The average molecular weight is 407 g/mol. The Kier molecular flexibility index (Phi) is 6.31. The third kappa shape index (κ3) is 5.77. The van der Waals surface area contributed by atoms with Crippen molar-refractivity contribution in [2.45, 2.75) is 25.5 Å². The normalized spacial score (nSPS) is 16.7. The lowest BCUT2D eigenvalue weighted by atomic mass is 10.1. The summed E-state index contributed by atoms with van der Waals surface area (Å²) in [5.74, 6) is -0.405. The molecular weight excluding hydrogens is 385 g/mol. The number of hydrogen-bond donors (Lipinski definition) is 0. The molecule has 1 aliphatic rings. The average Bonchev–Trinajstić information content (AvgIpc) is 3.15. The summed E-state index contributed by atoms with van der Waals surface area (Å²) in [5, 5.41) is 0. The predicted molar refractivity (Wildman–Crippen MR) is 102 cm³/mol. The van der Waals surface area contributed by atoms with Gasteiger partial charge < -0.3 is 13.8 Å². The summed E-state index contributed by atoms with van der Waals surface area (Å²) in [6.07, 6.45) is 2.79. The summed E-state index contributed by atoms with van der Waals surface area (Å²) in [5.41, 5.74) is 1.21. The fourth-order valence-corrected chi connectivity index (χ4v) is 3.53. The SMILES string of the molecule is CS(=O)(=O)Oc1ccc(CN(C[C@H]2CCCO2)C(=O)c2ccc(F)cc2)cc1. The van der Waals surface area contributed by atoms with Crippen molar-refractivity contribution >= 4 is 16.0 Å². The maximum atomic E-state index is 13.2. The van der Waals surface area contributed by atoms with E-state index in [9.17, 15) is 17.6 Å². The Bertz CT molecular complexity index is 907.